The standard InChI is InChI=1S/C26H29N5OS3/c1-2-13-31-24(20-15-33-21-11-8-7-10-18(20)21)29-30-26(31)34-16-23(32)28-25-19(14-27)17-9-5-3-4-6-12-22(17)35-25/h2,15H,1,3-13,16H2,(H,28,32). The molecule has 1 amide bonds. The number of thiophene rings is 2. The van der Waals surface area contributed by atoms with Crippen molar-refractivity contribution in [2.45, 2.75) is 75.9 Å². The summed E-state index contributed by atoms with van der Waals surface area (Å²) in [5, 5.41) is 25.4. The Morgan fingerprint density at radius 2 is 1.86 bits per heavy atom. The van der Waals surface area contributed by atoms with Crippen LogP contribution in [0.15, 0.2) is 23.2 Å². The number of nitrogens with one attached hydrogen (secondary N) is 1. The van der Waals surface area contributed by atoms with Gasteiger partial charge in [0.25, 0.3) is 0 Å². The third kappa shape index (κ3) is 5.11. The van der Waals surface area contributed by atoms with Crippen molar-refractivity contribution in [3.8, 4) is 17.5 Å². The SMILES string of the molecule is C=CCn1c(SCC(=O)Nc2sc3c(c2C#N)CCCCCC3)nnc1-c1csc2c1CCCC2. The predicted molar refractivity (Wildman–Crippen MR) is 144 cm³/mol. The molecule has 0 aliphatic heterocycles. The van der Waals surface area contributed by atoms with Gasteiger partial charge in [0.05, 0.1) is 11.3 Å². The number of allylic oxidation sites excluding steroid dienone is 1. The van der Waals surface area contributed by atoms with Gasteiger partial charge >= 0.3 is 0 Å². The van der Waals surface area contributed by atoms with Crippen molar-refractivity contribution < 1.29 is 4.79 Å². The minimum absolute atomic E-state index is 0.122. The van der Waals surface area contributed by atoms with E-state index in [1.165, 1.54) is 58.3 Å². The van der Waals surface area contributed by atoms with Crippen LogP contribution >= 0.6 is 34.4 Å². The largest absolute Gasteiger partial charge is 0.316 e. The minimum Gasteiger partial charge on any atom is -0.316 e. The van der Waals surface area contributed by atoms with E-state index in [1.807, 2.05) is 17.4 Å². The van der Waals surface area contributed by atoms with Crippen LogP contribution in [-0.4, -0.2) is 26.4 Å². The molecule has 6 nitrogen and oxygen atoms in total. The average Bonchev–Trinajstić information content (AvgIpc) is 3.53. The smallest absolute Gasteiger partial charge is 0.235 e. The molecule has 3 heterocycles. The van der Waals surface area contributed by atoms with Crippen molar-refractivity contribution in [2.24, 2.45) is 0 Å². The molecule has 0 unspecified atom stereocenters. The summed E-state index contributed by atoms with van der Waals surface area (Å²) in [4.78, 5) is 15.6. The number of aromatic nitrogens is 3. The van der Waals surface area contributed by atoms with Gasteiger partial charge in [0.1, 0.15) is 11.1 Å². The van der Waals surface area contributed by atoms with Crippen LogP contribution in [0.2, 0.25) is 0 Å². The number of rotatable bonds is 7. The van der Waals surface area contributed by atoms with Gasteiger partial charge in [-0.05, 0) is 62.5 Å². The Hall–Kier alpha value is -2.41. The summed E-state index contributed by atoms with van der Waals surface area (Å²) in [6.45, 7) is 4.50. The van der Waals surface area contributed by atoms with Crippen LogP contribution < -0.4 is 5.32 Å². The number of nitrogens with zero attached hydrogens (tertiary/aromatic N) is 4. The highest BCUT2D eigenvalue weighted by molar-refractivity contribution is 7.99. The van der Waals surface area contributed by atoms with Crippen molar-refractivity contribution >= 4 is 45.3 Å². The monoisotopic (exact) mass is 523 g/mol. The van der Waals surface area contributed by atoms with E-state index in [4.69, 9.17) is 0 Å². The summed E-state index contributed by atoms with van der Waals surface area (Å²) in [5.74, 6) is 0.949. The summed E-state index contributed by atoms with van der Waals surface area (Å²) >= 11 is 4.77. The summed E-state index contributed by atoms with van der Waals surface area (Å²) in [5.41, 5.74) is 4.38. The van der Waals surface area contributed by atoms with Crippen LogP contribution in [0.3, 0.4) is 0 Å². The van der Waals surface area contributed by atoms with Crippen LogP contribution in [0.4, 0.5) is 5.00 Å². The highest BCUT2D eigenvalue weighted by Crippen LogP contribution is 2.38. The molecule has 0 atom stereocenters. The molecule has 0 aromatic carbocycles. The fourth-order valence-corrected chi connectivity index (χ4v) is 8.12. The topological polar surface area (TPSA) is 83.6 Å². The molecular weight excluding hydrogens is 495 g/mol. The quantitative estimate of drug-likeness (QED) is 0.286. The molecule has 1 N–H and O–H groups in total. The van der Waals surface area contributed by atoms with Gasteiger partial charge in [0.15, 0.2) is 11.0 Å². The number of hydrogen-bond donors (Lipinski definition) is 1. The fourth-order valence-electron chi connectivity index (χ4n) is 4.99. The lowest BCUT2D eigenvalue weighted by Crippen LogP contribution is -2.14. The maximum Gasteiger partial charge on any atom is 0.235 e. The van der Waals surface area contributed by atoms with E-state index in [-0.39, 0.29) is 11.7 Å². The van der Waals surface area contributed by atoms with Crippen molar-refractivity contribution in [3.63, 3.8) is 0 Å². The number of fused-ring (bicyclic) bond motifs is 2. The first-order chi connectivity index (χ1) is 17.2. The first-order valence-corrected chi connectivity index (χ1v) is 15.0. The van der Waals surface area contributed by atoms with E-state index < -0.39 is 0 Å². The second kappa shape index (κ2) is 11.1. The van der Waals surface area contributed by atoms with E-state index in [0.717, 1.165) is 49.9 Å². The Morgan fingerprint density at radius 1 is 1.11 bits per heavy atom. The number of hydrogen-bond acceptors (Lipinski definition) is 7. The first-order valence-electron chi connectivity index (χ1n) is 12.3. The van der Waals surface area contributed by atoms with Crippen LogP contribution in [0, 0.1) is 11.3 Å². The zero-order chi connectivity index (χ0) is 24.2. The molecule has 0 spiro atoms. The van der Waals surface area contributed by atoms with Gasteiger partial charge in [0.2, 0.25) is 5.91 Å². The molecule has 9 heteroatoms. The lowest BCUT2D eigenvalue weighted by molar-refractivity contribution is -0.113. The molecule has 0 saturated carbocycles. The van der Waals surface area contributed by atoms with Crippen molar-refractivity contribution in [1.82, 2.24) is 14.8 Å². The molecule has 2 aliphatic rings. The van der Waals surface area contributed by atoms with E-state index in [0.29, 0.717) is 22.3 Å². The lowest BCUT2D eigenvalue weighted by Gasteiger charge is -2.13. The number of carbonyl (C=O) groups is 1. The highest BCUT2D eigenvalue weighted by Gasteiger charge is 2.23. The summed E-state index contributed by atoms with van der Waals surface area (Å²) in [6, 6.07) is 2.35. The zero-order valence-electron chi connectivity index (χ0n) is 19.8. The van der Waals surface area contributed by atoms with Gasteiger partial charge < -0.3 is 5.32 Å². The average molecular weight is 524 g/mol. The number of aryl methyl sites for hydroxylation is 2. The lowest BCUT2D eigenvalue weighted by atomic mass is 9.95. The van der Waals surface area contributed by atoms with Gasteiger partial charge in [-0.2, -0.15) is 5.26 Å². The van der Waals surface area contributed by atoms with Gasteiger partial charge in [0, 0.05) is 27.2 Å². The van der Waals surface area contributed by atoms with E-state index in [9.17, 15) is 10.1 Å². The summed E-state index contributed by atoms with van der Waals surface area (Å²) < 4.78 is 2.06. The number of thioether (sulfide) groups is 1. The molecule has 35 heavy (non-hydrogen) atoms. The molecular formula is C26H29N5OS3. The van der Waals surface area contributed by atoms with Crippen LogP contribution in [0.25, 0.3) is 11.4 Å². The number of nitriles is 1. The number of anilines is 1. The molecule has 0 bridgehead atoms. The Bertz CT molecular complexity index is 1280. The second-order valence-corrected chi connectivity index (χ2v) is 12.0. The van der Waals surface area contributed by atoms with Gasteiger partial charge in [-0.3, -0.25) is 9.36 Å². The van der Waals surface area contributed by atoms with E-state index in [1.54, 1.807) is 11.3 Å². The fraction of sp³-hybridized carbons (Fsp3) is 0.462. The Balaban J connectivity index is 1.31. The predicted octanol–water partition coefficient (Wildman–Crippen LogP) is 6.39. The Kier molecular flexibility index (Phi) is 7.71. The second-order valence-electron chi connectivity index (χ2n) is 9.03. The number of carbonyl (C=O) groups excluding carboxylic acids is 1. The minimum atomic E-state index is -0.122. The van der Waals surface area contributed by atoms with Gasteiger partial charge in [-0.25, -0.2) is 0 Å². The maximum absolute atomic E-state index is 12.9. The van der Waals surface area contributed by atoms with Crippen molar-refractivity contribution in [3.05, 3.63) is 44.5 Å². The highest BCUT2D eigenvalue weighted by atomic mass is 32.2. The van der Waals surface area contributed by atoms with Crippen LogP contribution in [-0.2, 0) is 37.0 Å². The summed E-state index contributed by atoms with van der Waals surface area (Å²) in [7, 11) is 0. The third-order valence-electron chi connectivity index (χ3n) is 6.70. The van der Waals surface area contributed by atoms with Gasteiger partial charge in [-0.15, -0.1) is 39.4 Å². The number of amides is 1. The Morgan fingerprint density at radius 3 is 2.69 bits per heavy atom. The normalized spacial score (nSPS) is 15.4. The van der Waals surface area contributed by atoms with Crippen molar-refractivity contribution in [2.75, 3.05) is 11.1 Å². The summed E-state index contributed by atoms with van der Waals surface area (Å²) in [6.07, 6.45) is 13.2. The van der Waals surface area contributed by atoms with Crippen LogP contribution in [0.5, 0.6) is 0 Å². The molecule has 0 fully saturated rings. The Labute approximate surface area is 218 Å². The first kappa shape index (κ1) is 24.3. The molecule has 3 aromatic rings. The molecule has 0 radical (unpaired) electrons. The third-order valence-corrected chi connectivity index (χ3v) is 9.96. The molecule has 182 valence electrons. The maximum atomic E-state index is 12.9. The van der Waals surface area contributed by atoms with Crippen molar-refractivity contribution in [1.29, 1.82) is 5.26 Å². The molecule has 2 aliphatic carbocycles. The van der Waals surface area contributed by atoms with Gasteiger partial charge in [-0.1, -0.05) is 30.7 Å². The molecule has 5 rings (SSSR count). The molecule has 0 saturated heterocycles. The van der Waals surface area contributed by atoms with E-state index >= 15 is 0 Å². The van der Waals surface area contributed by atoms with Crippen LogP contribution in [0.1, 0.15) is 65.0 Å². The molecule has 3 aromatic heterocycles. The van der Waals surface area contributed by atoms with E-state index in [2.05, 4.69) is 38.1 Å². The zero-order valence-corrected chi connectivity index (χ0v) is 22.2.